The molecule has 0 aliphatic rings. The standard InChI is InChI=1S/C18H17N3O/c1-21(14-7-3-2-4-8-14)13-18(22)20-17-11-5-10-16-15(17)9-6-12-19-16/h2-12H,13H2,1H3,(H,20,22). The van der Waals surface area contributed by atoms with E-state index in [-0.39, 0.29) is 5.91 Å². The number of para-hydroxylation sites is 1. The van der Waals surface area contributed by atoms with Gasteiger partial charge in [-0.05, 0) is 36.4 Å². The summed E-state index contributed by atoms with van der Waals surface area (Å²) in [6.45, 7) is 0.292. The highest BCUT2D eigenvalue weighted by Crippen LogP contribution is 2.21. The molecule has 0 aliphatic heterocycles. The lowest BCUT2D eigenvalue weighted by molar-refractivity contribution is -0.114. The molecule has 1 aromatic heterocycles. The number of anilines is 2. The largest absolute Gasteiger partial charge is 0.365 e. The van der Waals surface area contributed by atoms with Crippen LogP contribution in [0.3, 0.4) is 0 Å². The van der Waals surface area contributed by atoms with Crippen LogP contribution in [-0.4, -0.2) is 24.5 Å². The number of pyridine rings is 1. The van der Waals surface area contributed by atoms with E-state index in [0.29, 0.717) is 6.54 Å². The van der Waals surface area contributed by atoms with Crippen LogP contribution < -0.4 is 10.2 Å². The SMILES string of the molecule is CN(CC(=O)Nc1cccc2ncccc12)c1ccccc1. The van der Waals surface area contributed by atoms with Crippen molar-refractivity contribution in [3.63, 3.8) is 0 Å². The number of hydrogen-bond acceptors (Lipinski definition) is 3. The summed E-state index contributed by atoms with van der Waals surface area (Å²) >= 11 is 0. The fourth-order valence-electron chi connectivity index (χ4n) is 2.39. The van der Waals surface area contributed by atoms with E-state index in [9.17, 15) is 4.79 Å². The van der Waals surface area contributed by atoms with Gasteiger partial charge in [-0.15, -0.1) is 0 Å². The minimum absolute atomic E-state index is 0.0530. The van der Waals surface area contributed by atoms with Crippen molar-refractivity contribution < 1.29 is 4.79 Å². The topological polar surface area (TPSA) is 45.2 Å². The maximum atomic E-state index is 12.3. The molecule has 0 bridgehead atoms. The molecule has 3 rings (SSSR count). The number of carbonyl (C=O) groups excluding carboxylic acids is 1. The fraction of sp³-hybridized carbons (Fsp3) is 0.111. The number of carbonyl (C=O) groups is 1. The number of aromatic nitrogens is 1. The Morgan fingerprint density at radius 2 is 1.86 bits per heavy atom. The third-order valence-electron chi connectivity index (χ3n) is 3.50. The average Bonchev–Trinajstić information content (AvgIpc) is 2.56. The lowest BCUT2D eigenvalue weighted by atomic mass is 10.2. The number of rotatable bonds is 4. The average molecular weight is 291 g/mol. The van der Waals surface area contributed by atoms with Crippen LogP contribution in [0.5, 0.6) is 0 Å². The third-order valence-corrected chi connectivity index (χ3v) is 3.50. The molecule has 0 fully saturated rings. The smallest absolute Gasteiger partial charge is 0.243 e. The Morgan fingerprint density at radius 1 is 1.05 bits per heavy atom. The van der Waals surface area contributed by atoms with Gasteiger partial charge >= 0.3 is 0 Å². The van der Waals surface area contributed by atoms with E-state index in [2.05, 4.69) is 10.3 Å². The Balaban J connectivity index is 1.74. The van der Waals surface area contributed by atoms with Crippen LogP contribution in [0.4, 0.5) is 11.4 Å². The van der Waals surface area contributed by atoms with Gasteiger partial charge in [0.1, 0.15) is 0 Å². The molecule has 0 radical (unpaired) electrons. The van der Waals surface area contributed by atoms with Crippen LogP contribution >= 0.6 is 0 Å². The van der Waals surface area contributed by atoms with E-state index in [4.69, 9.17) is 0 Å². The van der Waals surface area contributed by atoms with Crippen LogP contribution in [0.25, 0.3) is 10.9 Å². The van der Waals surface area contributed by atoms with Gasteiger partial charge in [-0.3, -0.25) is 9.78 Å². The first-order valence-corrected chi connectivity index (χ1v) is 7.14. The lowest BCUT2D eigenvalue weighted by Crippen LogP contribution is -2.30. The first-order valence-electron chi connectivity index (χ1n) is 7.14. The highest BCUT2D eigenvalue weighted by molar-refractivity contribution is 6.02. The van der Waals surface area contributed by atoms with Crippen LogP contribution in [-0.2, 0) is 4.79 Å². The first kappa shape index (κ1) is 14.1. The zero-order valence-corrected chi connectivity index (χ0v) is 12.4. The van der Waals surface area contributed by atoms with E-state index in [1.54, 1.807) is 6.20 Å². The van der Waals surface area contributed by atoms with Gasteiger partial charge in [0.25, 0.3) is 0 Å². The molecule has 4 heteroatoms. The van der Waals surface area contributed by atoms with Gasteiger partial charge in [0, 0.05) is 24.3 Å². The molecular formula is C18H17N3O. The second-order valence-electron chi connectivity index (χ2n) is 5.12. The number of nitrogens with one attached hydrogen (secondary N) is 1. The highest BCUT2D eigenvalue weighted by atomic mass is 16.2. The molecule has 0 saturated heterocycles. The van der Waals surface area contributed by atoms with Crippen molar-refractivity contribution in [2.24, 2.45) is 0 Å². The second kappa shape index (κ2) is 6.26. The number of fused-ring (bicyclic) bond motifs is 1. The lowest BCUT2D eigenvalue weighted by Gasteiger charge is -2.19. The van der Waals surface area contributed by atoms with E-state index >= 15 is 0 Å². The molecule has 22 heavy (non-hydrogen) atoms. The van der Waals surface area contributed by atoms with E-state index in [0.717, 1.165) is 22.3 Å². The summed E-state index contributed by atoms with van der Waals surface area (Å²) in [5.74, 6) is -0.0530. The monoisotopic (exact) mass is 291 g/mol. The van der Waals surface area contributed by atoms with Gasteiger partial charge in [0.05, 0.1) is 17.7 Å². The minimum Gasteiger partial charge on any atom is -0.365 e. The molecule has 0 aliphatic carbocycles. The van der Waals surface area contributed by atoms with Crippen molar-refractivity contribution in [1.29, 1.82) is 0 Å². The van der Waals surface area contributed by atoms with Crippen LogP contribution in [0.15, 0.2) is 66.9 Å². The molecular weight excluding hydrogens is 274 g/mol. The van der Waals surface area contributed by atoms with E-state index in [1.807, 2.05) is 72.6 Å². The summed E-state index contributed by atoms with van der Waals surface area (Å²) in [5.41, 5.74) is 2.67. The Morgan fingerprint density at radius 3 is 2.68 bits per heavy atom. The van der Waals surface area contributed by atoms with Crippen molar-refractivity contribution in [2.75, 3.05) is 23.8 Å². The van der Waals surface area contributed by atoms with Crippen LogP contribution in [0.2, 0.25) is 0 Å². The first-order chi connectivity index (χ1) is 10.7. The molecule has 0 spiro atoms. The van der Waals surface area contributed by atoms with Crippen LogP contribution in [0, 0.1) is 0 Å². The van der Waals surface area contributed by atoms with E-state index < -0.39 is 0 Å². The molecule has 1 heterocycles. The predicted molar refractivity (Wildman–Crippen MR) is 90.1 cm³/mol. The number of benzene rings is 2. The molecule has 2 aromatic carbocycles. The number of likely N-dealkylation sites (N-methyl/N-ethyl adjacent to an activating group) is 1. The normalized spacial score (nSPS) is 10.4. The quantitative estimate of drug-likeness (QED) is 0.802. The minimum atomic E-state index is -0.0530. The van der Waals surface area contributed by atoms with Crippen molar-refractivity contribution in [3.05, 3.63) is 66.9 Å². The summed E-state index contributed by atoms with van der Waals surface area (Å²) in [7, 11) is 1.90. The van der Waals surface area contributed by atoms with Gasteiger partial charge in [-0.1, -0.05) is 24.3 Å². The molecule has 3 aromatic rings. The summed E-state index contributed by atoms with van der Waals surface area (Å²) in [4.78, 5) is 18.5. The maximum absolute atomic E-state index is 12.3. The van der Waals surface area contributed by atoms with Crippen molar-refractivity contribution in [1.82, 2.24) is 4.98 Å². The van der Waals surface area contributed by atoms with Crippen molar-refractivity contribution in [2.45, 2.75) is 0 Å². The summed E-state index contributed by atoms with van der Waals surface area (Å²) in [6, 6.07) is 19.4. The second-order valence-corrected chi connectivity index (χ2v) is 5.12. The van der Waals surface area contributed by atoms with Crippen LogP contribution in [0.1, 0.15) is 0 Å². The zero-order valence-electron chi connectivity index (χ0n) is 12.4. The number of nitrogens with zero attached hydrogens (tertiary/aromatic N) is 2. The molecule has 4 nitrogen and oxygen atoms in total. The Labute approximate surface area is 129 Å². The molecule has 1 N–H and O–H groups in total. The van der Waals surface area contributed by atoms with Gasteiger partial charge in [-0.2, -0.15) is 0 Å². The van der Waals surface area contributed by atoms with Gasteiger partial charge in [0.2, 0.25) is 5.91 Å². The number of amides is 1. The molecule has 0 atom stereocenters. The molecule has 1 amide bonds. The Bertz CT molecular complexity index is 781. The number of hydrogen-bond donors (Lipinski definition) is 1. The summed E-state index contributed by atoms with van der Waals surface area (Å²) in [6.07, 6.45) is 1.75. The predicted octanol–water partition coefficient (Wildman–Crippen LogP) is 3.31. The van der Waals surface area contributed by atoms with Gasteiger partial charge in [-0.25, -0.2) is 0 Å². The van der Waals surface area contributed by atoms with E-state index in [1.165, 1.54) is 0 Å². The molecule has 110 valence electrons. The summed E-state index contributed by atoms with van der Waals surface area (Å²) < 4.78 is 0. The fourth-order valence-corrected chi connectivity index (χ4v) is 2.39. The van der Waals surface area contributed by atoms with Crippen molar-refractivity contribution >= 4 is 28.2 Å². The highest BCUT2D eigenvalue weighted by Gasteiger charge is 2.09. The summed E-state index contributed by atoms with van der Waals surface area (Å²) in [5, 5.41) is 3.91. The van der Waals surface area contributed by atoms with Gasteiger partial charge < -0.3 is 10.2 Å². The van der Waals surface area contributed by atoms with Gasteiger partial charge in [0.15, 0.2) is 0 Å². The Hall–Kier alpha value is -2.88. The molecule has 0 unspecified atom stereocenters. The molecule has 0 saturated carbocycles. The Kier molecular flexibility index (Phi) is 4.01. The third kappa shape index (κ3) is 3.06. The van der Waals surface area contributed by atoms with Crippen molar-refractivity contribution in [3.8, 4) is 0 Å². The maximum Gasteiger partial charge on any atom is 0.243 e. The zero-order chi connectivity index (χ0) is 15.4.